The van der Waals surface area contributed by atoms with E-state index in [1.807, 2.05) is 37.3 Å². The third kappa shape index (κ3) is 4.22. The molecule has 0 radical (unpaired) electrons. The minimum atomic E-state index is 0.236. The molecule has 3 aromatic heterocycles. The van der Waals surface area contributed by atoms with Crippen LogP contribution >= 0.6 is 11.3 Å². The van der Waals surface area contributed by atoms with E-state index in [0.29, 0.717) is 11.9 Å². The maximum absolute atomic E-state index is 9.54. The van der Waals surface area contributed by atoms with Gasteiger partial charge in [0, 0.05) is 18.8 Å². The van der Waals surface area contributed by atoms with Crippen molar-refractivity contribution in [2.45, 2.75) is 32.2 Å². The van der Waals surface area contributed by atoms with E-state index in [1.165, 1.54) is 0 Å². The Morgan fingerprint density at radius 1 is 1.10 bits per heavy atom. The van der Waals surface area contributed by atoms with Crippen LogP contribution in [0.4, 0.5) is 17.5 Å². The van der Waals surface area contributed by atoms with Gasteiger partial charge in [-0.2, -0.15) is 4.98 Å². The fraction of sp³-hybridized carbons (Fsp3) is 0.304. The van der Waals surface area contributed by atoms with Gasteiger partial charge in [-0.1, -0.05) is 12.1 Å². The first-order chi connectivity index (χ1) is 15.2. The minimum absolute atomic E-state index is 0.236. The van der Waals surface area contributed by atoms with Gasteiger partial charge in [-0.05, 0) is 56.4 Å². The molecule has 7 nitrogen and oxygen atoms in total. The molecule has 1 aliphatic carbocycles. The first kappa shape index (κ1) is 19.8. The van der Waals surface area contributed by atoms with Gasteiger partial charge in [0.15, 0.2) is 0 Å². The summed E-state index contributed by atoms with van der Waals surface area (Å²) in [5.74, 6) is 1.65. The normalized spacial score (nSPS) is 18.4. The predicted molar refractivity (Wildman–Crippen MR) is 125 cm³/mol. The van der Waals surface area contributed by atoms with Crippen molar-refractivity contribution in [1.29, 1.82) is 0 Å². The van der Waals surface area contributed by atoms with Crippen molar-refractivity contribution in [3.63, 3.8) is 0 Å². The number of nitrogens with one attached hydrogen (secondary N) is 2. The smallest absolute Gasteiger partial charge is 0.229 e. The predicted octanol–water partition coefficient (Wildman–Crippen LogP) is 4.77. The number of para-hydroxylation sites is 1. The van der Waals surface area contributed by atoms with Crippen LogP contribution in [0.3, 0.4) is 0 Å². The summed E-state index contributed by atoms with van der Waals surface area (Å²) < 4.78 is 1.14. The van der Waals surface area contributed by atoms with Crippen molar-refractivity contribution in [2.24, 2.45) is 5.92 Å². The van der Waals surface area contributed by atoms with Crippen LogP contribution < -0.4 is 10.6 Å². The number of hydrogen-bond donors (Lipinski definition) is 3. The largest absolute Gasteiger partial charge is 0.396 e. The maximum Gasteiger partial charge on any atom is 0.229 e. The molecule has 1 fully saturated rings. The van der Waals surface area contributed by atoms with E-state index >= 15 is 0 Å². The van der Waals surface area contributed by atoms with Crippen LogP contribution in [0, 0.1) is 12.8 Å². The van der Waals surface area contributed by atoms with E-state index in [9.17, 15) is 5.11 Å². The number of pyridine rings is 1. The molecular weight excluding hydrogens is 408 g/mol. The second-order valence-electron chi connectivity index (χ2n) is 7.91. The van der Waals surface area contributed by atoms with Crippen molar-refractivity contribution in [3.8, 4) is 10.6 Å². The molecule has 158 valence electrons. The molecule has 0 aliphatic heterocycles. The van der Waals surface area contributed by atoms with Gasteiger partial charge in [-0.15, -0.1) is 11.3 Å². The summed E-state index contributed by atoms with van der Waals surface area (Å²) in [6.45, 7) is 2.23. The van der Waals surface area contributed by atoms with Crippen LogP contribution in [0.1, 0.15) is 25.0 Å². The number of nitrogens with zero attached hydrogens (tertiary/aromatic N) is 4. The molecule has 2 atom stereocenters. The molecular formula is C23H24N6OS. The summed E-state index contributed by atoms with van der Waals surface area (Å²) >= 11 is 1.65. The van der Waals surface area contributed by atoms with Gasteiger partial charge >= 0.3 is 0 Å². The molecule has 0 bridgehead atoms. The molecule has 31 heavy (non-hydrogen) atoms. The van der Waals surface area contributed by atoms with Gasteiger partial charge in [0.2, 0.25) is 5.95 Å². The van der Waals surface area contributed by atoms with Crippen molar-refractivity contribution in [3.05, 3.63) is 54.5 Å². The maximum atomic E-state index is 9.54. The average molecular weight is 433 g/mol. The molecule has 0 amide bonds. The fourth-order valence-corrected chi connectivity index (χ4v) is 5.16. The summed E-state index contributed by atoms with van der Waals surface area (Å²) in [6, 6.07) is 12.2. The molecule has 1 aliphatic rings. The fourth-order valence-electron chi connectivity index (χ4n) is 4.10. The molecule has 3 heterocycles. The molecule has 0 spiro atoms. The third-order valence-electron chi connectivity index (χ3n) is 5.66. The molecule has 3 N–H and O–H groups in total. The Kier molecular flexibility index (Phi) is 5.48. The Labute approximate surface area is 184 Å². The van der Waals surface area contributed by atoms with Crippen LogP contribution in [0.15, 0.2) is 48.8 Å². The lowest BCUT2D eigenvalue weighted by Gasteiger charge is -2.18. The Balaban J connectivity index is 1.55. The van der Waals surface area contributed by atoms with Crippen LogP contribution in [-0.4, -0.2) is 37.7 Å². The number of aromatic nitrogens is 4. The van der Waals surface area contributed by atoms with Gasteiger partial charge in [-0.3, -0.25) is 4.98 Å². The lowest BCUT2D eigenvalue weighted by Crippen LogP contribution is -2.19. The Morgan fingerprint density at radius 3 is 2.77 bits per heavy atom. The molecule has 2 unspecified atom stereocenters. The van der Waals surface area contributed by atoms with Gasteiger partial charge in [-0.25, -0.2) is 9.97 Å². The lowest BCUT2D eigenvalue weighted by atomic mass is 10.1. The van der Waals surface area contributed by atoms with E-state index in [1.54, 1.807) is 23.7 Å². The molecule has 8 heteroatoms. The number of aliphatic hydroxyl groups excluding tert-OH is 1. The highest BCUT2D eigenvalue weighted by Gasteiger charge is 2.26. The van der Waals surface area contributed by atoms with Crippen molar-refractivity contribution < 1.29 is 5.11 Å². The Bertz CT molecular complexity index is 1160. The number of aryl methyl sites for hydroxylation is 1. The number of aliphatic hydroxyl groups is 1. The average Bonchev–Trinajstić information content (AvgIpc) is 3.40. The first-order valence-corrected chi connectivity index (χ1v) is 11.3. The zero-order valence-corrected chi connectivity index (χ0v) is 18.1. The number of fused-ring (bicyclic) bond motifs is 1. The molecule has 0 saturated heterocycles. The zero-order chi connectivity index (χ0) is 21.2. The van der Waals surface area contributed by atoms with E-state index in [4.69, 9.17) is 15.0 Å². The summed E-state index contributed by atoms with van der Waals surface area (Å²) in [7, 11) is 0. The monoisotopic (exact) mass is 432 g/mol. The van der Waals surface area contributed by atoms with Gasteiger partial charge in [0.1, 0.15) is 10.8 Å². The van der Waals surface area contributed by atoms with Crippen LogP contribution in [0.5, 0.6) is 0 Å². The van der Waals surface area contributed by atoms with Gasteiger partial charge < -0.3 is 15.7 Å². The van der Waals surface area contributed by atoms with Crippen LogP contribution in [0.25, 0.3) is 20.8 Å². The summed E-state index contributed by atoms with van der Waals surface area (Å²) in [5.41, 5.74) is 3.61. The highest BCUT2D eigenvalue weighted by atomic mass is 32.1. The van der Waals surface area contributed by atoms with Crippen LogP contribution in [0.2, 0.25) is 0 Å². The number of anilines is 3. The molecule has 4 aromatic rings. The second-order valence-corrected chi connectivity index (χ2v) is 8.94. The quantitative estimate of drug-likeness (QED) is 0.404. The highest BCUT2D eigenvalue weighted by molar-refractivity contribution is 7.21. The third-order valence-corrected chi connectivity index (χ3v) is 6.71. The van der Waals surface area contributed by atoms with Gasteiger partial charge in [0.05, 0.1) is 33.4 Å². The second kappa shape index (κ2) is 8.56. The Morgan fingerprint density at radius 2 is 2.00 bits per heavy atom. The van der Waals surface area contributed by atoms with E-state index in [-0.39, 0.29) is 12.6 Å². The molecule has 1 saturated carbocycles. The summed E-state index contributed by atoms with van der Waals surface area (Å²) in [4.78, 5) is 18.6. The number of thiazole rings is 1. The van der Waals surface area contributed by atoms with E-state index in [2.05, 4.69) is 21.7 Å². The van der Waals surface area contributed by atoms with E-state index < -0.39 is 0 Å². The molecule has 1 aromatic carbocycles. The number of benzene rings is 1. The summed E-state index contributed by atoms with van der Waals surface area (Å²) in [5, 5.41) is 17.3. The first-order valence-electron chi connectivity index (χ1n) is 10.5. The minimum Gasteiger partial charge on any atom is -0.396 e. The topological polar surface area (TPSA) is 95.9 Å². The van der Waals surface area contributed by atoms with Crippen LogP contribution in [-0.2, 0) is 0 Å². The number of rotatable bonds is 6. The summed E-state index contributed by atoms with van der Waals surface area (Å²) in [6.07, 6.45) is 6.45. The van der Waals surface area contributed by atoms with Crippen molar-refractivity contribution in [1.82, 2.24) is 19.9 Å². The van der Waals surface area contributed by atoms with Crippen molar-refractivity contribution in [2.75, 3.05) is 17.2 Å². The highest BCUT2D eigenvalue weighted by Crippen LogP contribution is 2.38. The number of hydrogen-bond acceptors (Lipinski definition) is 8. The SMILES string of the molecule is Cc1nc(Nc2cccnc2)nc(NC2CCC(CO)C2)c1-c1nc2ccccc2s1. The van der Waals surface area contributed by atoms with Crippen molar-refractivity contribution >= 4 is 39.0 Å². The zero-order valence-electron chi connectivity index (χ0n) is 17.2. The molecule has 5 rings (SSSR count). The van der Waals surface area contributed by atoms with Gasteiger partial charge in [0.25, 0.3) is 0 Å². The Hall–Kier alpha value is -3.10. The standard InChI is InChI=1S/C23H24N6OS/c1-14-20(22-28-18-6-2-3-7-19(18)31-22)21(26-16-9-8-15(11-16)13-30)29-23(25-14)27-17-5-4-10-24-12-17/h2-7,10,12,15-16,30H,8-9,11,13H2,1H3,(H2,25,26,27,29). The lowest BCUT2D eigenvalue weighted by molar-refractivity contribution is 0.229. The van der Waals surface area contributed by atoms with E-state index in [0.717, 1.165) is 57.2 Å².